The van der Waals surface area contributed by atoms with E-state index in [-0.39, 0.29) is 0 Å². The Bertz CT molecular complexity index is 197. The molecule has 0 radical (unpaired) electrons. The monoisotopic (exact) mass is 210 g/mol. The molecule has 1 rings (SSSR count). The van der Waals surface area contributed by atoms with Crippen LogP contribution < -0.4 is 0 Å². The highest BCUT2D eigenvalue weighted by atomic mass is 16.5. The first kappa shape index (κ1) is 12.3. The van der Waals surface area contributed by atoms with Crippen LogP contribution in [0.4, 0.5) is 0 Å². The normalized spacial score (nSPS) is 20.7. The minimum absolute atomic E-state index is 0.553. The molecule has 0 heterocycles. The zero-order valence-electron chi connectivity index (χ0n) is 9.54. The molecule has 0 unspecified atom stereocenters. The highest BCUT2D eigenvalue weighted by Crippen LogP contribution is 2.16. The van der Waals surface area contributed by atoms with Crippen LogP contribution in [0.15, 0.2) is 11.8 Å². The molecule has 2 nitrogen and oxygen atoms in total. The van der Waals surface area contributed by atoms with Crippen LogP contribution in [0.1, 0.15) is 64.2 Å². The molecule has 0 N–H and O–H groups in total. The largest absolute Gasteiger partial charge is 0.434 e. The first-order chi connectivity index (χ1) is 7.43. The third-order valence-electron chi connectivity index (χ3n) is 2.95. The lowest BCUT2D eigenvalue weighted by Crippen LogP contribution is -1.92. The van der Waals surface area contributed by atoms with E-state index in [0.717, 1.165) is 25.0 Å². The summed E-state index contributed by atoms with van der Waals surface area (Å²) in [6.45, 7) is 0.553. The molecule has 2 heteroatoms. The van der Waals surface area contributed by atoms with E-state index in [2.05, 4.69) is 6.08 Å². The predicted molar refractivity (Wildman–Crippen MR) is 61.4 cm³/mol. The van der Waals surface area contributed by atoms with Gasteiger partial charge in [-0.3, -0.25) is 4.79 Å². The number of carbonyl (C=O) groups excluding carboxylic acids is 1. The van der Waals surface area contributed by atoms with Gasteiger partial charge in [0, 0.05) is 6.42 Å². The second kappa shape index (κ2) is 8.51. The molecule has 1 aliphatic carbocycles. The summed E-state index contributed by atoms with van der Waals surface area (Å²) in [6, 6.07) is 0. The molecule has 0 aromatic rings. The third kappa shape index (κ3) is 6.32. The second-order valence-corrected chi connectivity index (χ2v) is 4.25. The van der Waals surface area contributed by atoms with E-state index in [1.807, 2.05) is 0 Å². The predicted octanol–water partition coefficient (Wildman–Crippen LogP) is 3.96. The van der Waals surface area contributed by atoms with Gasteiger partial charge in [0.05, 0.1) is 0 Å². The Morgan fingerprint density at radius 1 is 0.933 bits per heavy atom. The lowest BCUT2D eigenvalue weighted by molar-refractivity contribution is -0.125. The minimum Gasteiger partial charge on any atom is -0.434 e. The maximum Gasteiger partial charge on any atom is 0.298 e. The van der Waals surface area contributed by atoms with Gasteiger partial charge in [-0.2, -0.15) is 0 Å². The fourth-order valence-electron chi connectivity index (χ4n) is 2.04. The molecule has 0 aromatic carbocycles. The first-order valence-electron chi connectivity index (χ1n) is 6.23. The molecule has 0 spiro atoms. The molecular weight excluding hydrogens is 188 g/mol. The standard InChI is InChI=1S/C13H22O2/c14-12-15-13-10-8-6-4-2-1-3-5-7-9-11-13/h10,12H,1-9,11H2. The van der Waals surface area contributed by atoms with Gasteiger partial charge < -0.3 is 4.74 Å². The fourth-order valence-corrected chi connectivity index (χ4v) is 2.04. The Morgan fingerprint density at radius 3 is 2.20 bits per heavy atom. The van der Waals surface area contributed by atoms with Crippen LogP contribution in [-0.4, -0.2) is 6.47 Å². The van der Waals surface area contributed by atoms with Crippen LogP contribution >= 0.6 is 0 Å². The van der Waals surface area contributed by atoms with Gasteiger partial charge in [0.2, 0.25) is 0 Å². The summed E-state index contributed by atoms with van der Waals surface area (Å²) in [6.07, 6.45) is 14.5. The van der Waals surface area contributed by atoms with E-state index in [1.165, 1.54) is 44.9 Å². The molecule has 86 valence electrons. The van der Waals surface area contributed by atoms with E-state index < -0.39 is 0 Å². The zero-order valence-corrected chi connectivity index (χ0v) is 9.54. The van der Waals surface area contributed by atoms with Crippen molar-refractivity contribution in [2.45, 2.75) is 64.2 Å². The summed E-state index contributed by atoms with van der Waals surface area (Å²) in [4.78, 5) is 10.3. The molecular formula is C13H22O2. The zero-order chi connectivity index (χ0) is 10.8. The van der Waals surface area contributed by atoms with Crippen LogP contribution in [-0.2, 0) is 9.53 Å². The number of hydrogen-bond acceptors (Lipinski definition) is 2. The highest BCUT2D eigenvalue weighted by Gasteiger charge is 2.00. The van der Waals surface area contributed by atoms with Crippen LogP contribution in [0, 0.1) is 0 Å². The molecule has 15 heavy (non-hydrogen) atoms. The second-order valence-electron chi connectivity index (χ2n) is 4.25. The SMILES string of the molecule is O=COC1=CCCCCCCCCCC1. The Labute approximate surface area is 92.7 Å². The Kier molecular flexibility index (Phi) is 6.97. The molecule has 0 bridgehead atoms. The van der Waals surface area contributed by atoms with E-state index in [0.29, 0.717) is 6.47 Å². The number of hydrogen-bond donors (Lipinski definition) is 0. The Morgan fingerprint density at radius 2 is 1.53 bits per heavy atom. The van der Waals surface area contributed by atoms with Crippen LogP contribution in [0.3, 0.4) is 0 Å². The number of ether oxygens (including phenoxy) is 1. The van der Waals surface area contributed by atoms with Crippen molar-refractivity contribution in [3.8, 4) is 0 Å². The third-order valence-corrected chi connectivity index (χ3v) is 2.95. The average Bonchev–Trinajstić information content (AvgIpc) is 2.22. The number of rotatable bonds is 2. The van der Waals surface area contributed by atoms with Gasteiger partial charge in [0.25, 0.3) is 6.47 Å². The summed E-state index contributed by atoms with van der Waals surface area (Å²) in [7, 11) is 0. The van der Waals surface area contributed by atoms with Crippen LogP contribution in [0.5, 0.6) is 0 Å². The minimum atomic E-state index is 0.553. The molecule has 0 amide bonds. The van der Waals surface area contributed by atoms with Gasteiger partial charge in [-0.1, -0.05) is 38.5 Å². The van der Waals surface area contributed by atoms with Crippen molar-refractivity contribution in [2.24, 2.45) is 0 Å². The van der Waals surface area contributed by atoms with E-state index in [1.54, 1.807) is 0 Å². The van der Waals surface area contributed by atoms with Gasteiger partial charge >= 0.3 is 0 Å². The molecule has 0 aromatic heterocycles. The molecule has 0 atom stereocenters. The van der Waals surface area contributed by atoms with Crippen molar-refractivity contribution in [3.05, 3.63) is 11.8 Å². The van der Waals surface area contributed by atoms with Gasteiger partial charge in [-0.15, -0.1) is 0 Å². The van der Waals surface area contributed by atoms with Crippen molar-refractivity contribution in [3.63, 3.8) is 0 Å². The summed E-state index contributed by atoms with van der Waals surface area (Å²) in [5.41, 5.74) is 0. The van der Waals surface area contributed by atoms with Gasteiger partial charge in [0.15, 0.2) is 0 Å². The average molecular weight is 210 g/mol. The molecule has 0 saturated carbocycles. The van der Waals surface area contributed by atoms with Gasteiger partial charge in [-0.25, -0.2) is 0 Å². The lowest BCUT2D eigenvalue weighted by Gasteiger charge is -2.07. The summed E-state index contributed by atoms with van der Waals surface area (Å²) in [5, 5.41) is 0. The van der Waals surface area contributed by atoms with Crippen molar-refractivity contribution >= 4 is 6.47 Å². The lowest BCUT2D eigenvalue weighted by atomic mass is 10.0. The van der Waals surface area contributed by atoms with E-state index in [4.69, 9.17) is 4.74 Å². The van der Waals surface area contributed by atoms with Gasteiger partial charge in [-0.05, 0) is 25.3 Å². The molecule has 0 saturated heterocycles. The number of allylic oxidation sites excluding steroid dienone is 2. The Hall–Kier alpha value is -0.790. The number of carbonyl (C=O) groups is 1. The Balaban J connectivity index is 2.34. The molecule has 0 aliphatic heterocycles. The summed E-state index contributed by atoms with van der Waals surface area (Å²) >= 11 is 0. The van der Waals surface area contributed by atoms with Crippen molar-refractivity contribution in [1.82, 2.24) is 0 Å². The first-order valence-corrected chi connectivity index (χ1v) is 6.23. The fraction of sp³-hybridized carbons (Fsp3) is 0.769. The maximum absolute atomic E-state index is 10.3. The van der Waals surface area contributed by atoms with E-state index in [9.17, 15) is 4.79 Å². The van der Waals surface area contributed by atoms with Crippen LogP contribution in [0.25, 0.3) is 0 Å². The van der Waals surface area contributed by atoms with E-state index >= 15 is 0 Å². The highest BCUT2D eigenvalue weighted by molar-refractivity contribution is 5.39. The topological polar surface area (TPSA) is 26.3 Å². The maximum atomic E-state index is 10.3. The molecule has 1 aliphatic rings. The summed E-state index contributed by atoms with van der Waals surface area (Å²) < 4.78 is 4.97. The van der Waals surface area contributed by atoms with Crippen molar-refractivity contribution in [1.29, 1.82) is 0 Å². The van der Waals surface area contributed by atoms with Crippen LogP contribution in [0.2, 0.25) is 0 Å². The van der Waals surface area contributed by atoms with Crippen molar-refractivity contribution in [2.75, 3.05) is 0 Å². The smallest absolute Gasteiger partial charge is 0.298 e. The van der Waals surface area contributed by atoms with Gasteiger partial charge in [0.1, 0.15) is 5.76 Å². The quantitative estimate of drug-likeness (QED) is 0.645. The molecule has 0 fully saturated rings. The summed E-state index contributed by atoms with van der Waals surface area (Å²) in [5.74, 6) is 0.880. The van der Waals surface area contributed by atoms with Crippen molar-refractivity contribution < 1.29 is 9.53 Å².